The number of benzene rings is 1. The number of quaternary nitrogens is 1. The fourth-order valence-electron chi connectivity index (χ4n) is 3.19. The maximum absolute atomic E-state index is 5.41. The number of nitrogens with zero attached hydrogens (tertiary/aromatic N) is 3. The van der Waals surface area contributed by atoms with E-state index in [0.29, 0.717) is 0 Å². The number of rotatable bonds is 4. The number of hydrogen-bond acceptors (Lipinski definition) is 4. The molecule has 0 radical (unpaired) electrons. The largest absolute Gasteiger partial charge is 0.496 e. The van der Waals surface area contributed by atoms with Crippen LogP contribution < -0.4 is 14.5 Å². The molecule has 1 aliphatic rings. The van der Waals surface area contributed by atoms with Crippen molar-refractivity contribution in [3.63, 3.8) is 0 Å². The molecule has 23 heavy (non-hydrogen) atoms. The minimum atomic E-state index is 0.850. The summed E-state index contributed by atoms with van der Waals surface area (Å²) < 4.78 is 5.41. The highest BCUT2D eigenvalue weighted by Gasteiger charge is 2.22. The van der Waals surface area contributed by atoms with E-state index >= 15 is 0 Å². The predicted molar refractivity (Wildman–Crippen MR) is 91.1 cm³/mol. The van der Waals surface area contributed by atoms with E-state index in [4.69, 9.17) is 4.74 Å². The summed E-state index contributed by atoms with van der Waals surface area (Å²) in [6.07, 6.45) is 3.62. The molecule has 1 aliphatic heterocycles. The average Bonchev–Trinajstić information content (AvgIpc) is 2.61. The number of nitrogens with one attached hydrogen (secondary N) is 1. The van der Waals surface area contributed by atoms with Crippen LogP contribution in [0.5, 0.6) is 5.75 Å². The van der Waals surface area contributed by atoms with Crippen molar-refractivity contribution in [1.29, 1.82) is 0 Å². The maximum Gasteiger partial charge on any atom is 0.225 e. The predicted octanol–water partition coefficient (Wildman–Crippen LogP) is 1.01. The Morgan fingerprint density at radius 2 is 1.78 bits per heavy atom. The van der Waals surface area contributed by atoms with Gasteiger partial charge in [-0.2, -0.15) is 0 Å². The third-order valence-electron chi connectivity index (χ3n) is 4.82. The van der Waals surface area contributed by atoms with Crippen LogP contribution in [0, 0.1) is 13.8 Å². The van der Waals surface area contributed by atoms with Crippen LogP contribution in [0.15, 0.2) is 30.6 Å². The lowest BCUT2D eigenvalue weighted by Crippen LogP contribution is -3.13. The molecule has 0 spiro atoms. The molecular formula is C18H25N4O+. The zero-order valence-electron chi connectivity index (χ0n) is 14.2. The van der Waals surface area contributed by atoms with Crippen LogP contribution in [0.2, 0.25) is 0 Å². The number of hydrogen-bond donors (Lipinski definition) is 1. The Morgan fingerprint density at radius 3 is 2.43 bits per heavy atom. The molecule has 0 unspecified atom stereocenters. The summed E-state index contributed by atoms with van der Waals surface area (Å²) in [5, 5.41) is 0. The van der Waals surface area contributed by atoms with E-state index in [1.165, 1.54) is 16.7 Å². The molecule has 1 saturated heterocycles. The second-order valence-electron chi connectivity index (χ2n) is 6.14. The average molecular weight is 313 g/mol. The minimum absolute atomic E-state index is 0.850. The summed E-state index contributed by atoms with van der Waals surface area (Å²) >= 11 is 0. The van der Waals surface area contributed by atoms with Gasteiger partial charge in [0.1, 0.15) is 12.3 Å². The van der Waals surface area contributed by atoms with Gasteiger partial charge in [0.25, 0.3) is 0 Å². The third-order valence-corrected chi connectivity index (χ3v) is 4.82. The van der Waals surface area contributed by atoms with Crippen molar-refractivity contribution in [3.8, 4) is 5.75 Å². The molecular weight excluding hydrogens is 288 g/mol. The highest BCUT2D eigenvalue weighted by molar-refractivity contribution is 5.43. The molecule has 0 amide bonds. The Balaban J connectivity index is 1.62. The van der Waals surface area contributed by atoms with Gasteiger partial charge in [0.2, 0.25) is 5.95 Å². The zero-order valence-corrected chi connectivity index (χ0v) is 14.2. The first kappa shape index (κ1) is 15.7. The summed E-state index contributed by atoms with van der Waals surface area (Å²) in [4.78, 5) is 12.6. The lowest BCUT2D eigenvalue weighted by atomic mass is 10.0. The van der Waals surface area contributed by atoms with Crippen LogP contribution in [0.1, 0.15) is 16.7 Å². The molecule has 0 saturated carbocycles. The number of methoxy groups -OCH3 is 1. The summed E-state index contributed by atoms with van der Waals surface area (Å²) in [6.45, 7) is 9.64. The van der Waals surface area contributed by atoms with E-state index < -0.39 is 0 Å². The number of ether oxygens (including phenoxy) is 1. The molecule has 1 N–H and O–H groups in total. The number of piperazine rings is 1. The van der Waals surface area contributed by atoms with Crippen molar-refractivity contribution in [1.82, 2.24) is 9.97 Å². The summed E-state index contributed by atoms with van der Waals surface area (Å²) in [5.41, 5.74) is 4.02. The van der Waals surface area contributed by atoms with E-state index in [9.17, 15) is 0 Å². The molecule has 5 heteroatoms. The highest BCUT2D eigenvalue weighted by atomic mass is 16.5. The van der Waals surface area contributed by atoms with Crippen LogP contribution in [-0.4, -0.2) is 43.3 Å². The molecule has 1 aromatic heterocycles. The smallest absolute Gasteiger partial charge is 0.225 e. The van der Waals surface area contributed by atoms with Gasteiger partial charge < -0.3 is 14.5 Å². The Kier molecular flexibility index (Phi) is 4.76. The Morgan fingerprint density at radius 1 is 1.09 bits per heavy atom. The van der Waals surface area contributed by atoms with Gasteiger partial charge in [-0.1, -0.05) is 0 Å². The molecule has 0 bridgehead atoms. The van der Waals surface area contributed by atoms with E-state index in [2.05, 4.69) is 40.8 Å². The van der Waals surface area contributed by atoms with E-state index in [1.54, 1.807) is 12.0 Å². The standard InChI is InChI=1S/C18H24N4O/c1-14-15(2)17(23-3)6-5-16(14)13-21-9-11-22(12-10-21)18-19-7-4-8-20-18/h4-8H,9-13H2,1-3H3/p+1. The molecule has 2 heterocycles. The quantitative estimate of drug-likeness (QED) is 0.915. The van der Waals surface area contributed by atoms with E-state index in [-0.39, 0.29) is 0 Å². The lowest BCUT2D eigenvalue weighted by Gasteiger charge is -2.32. The zero-order chi connectivity index (χ0) is 16.2. The van der Waals surface area contributed by atoms with Crippen molar-refractivity contribution in [2.24, 2.45) is 0 Å². The van der Waals surface area contributed by atoms with Gasteiger partial charge in [-0.15, -0.1) is 0 Å². The van der Waals surface area contributed by atoms with Crippen molar-refractivity contribution >= 4 is 5.95 Å². The number of aromatic nitrogens is 2. The molecule has 122 valence electrons. The third kappa shape index (κ3) is 3.45. The molecule has 2 aromatic rings. The van der Waals surface area contributed by atoms with Crippen molar-refractivity contribution < 1.29 is 9.64 Å². The normalized spacial score (nSPS) is 15.7. The Bertz CT molecular complexity index is 652. The fourth-order valence-corrected chi connectivity index (χ4v) is 3.19. The highest BCUT2D eigenvalue weighted by Crippen LogP contribution is 2.23. The molecule has 1 fully saturated rings. The lowest BCUT2D eigenvalue weighted by molar-refractivity contribution is -0.914. The van der Waals surface area contributed by atoms with E-state index in [0.717, 1.165) is 44.4 Å². The Labute approximate surface area is 137 Å². The summed E-state index contributed by atoms with van der Waals surface area (Å²) in [6, 6.07) is 6.16. The first-order chi connectivity index (χ1) is 11.2. The molecule has 5 nitrogen and oxygen atoms in total. The van der Waals surface area contributed by atoms with Crippen LogP contribution in [0.25, 0.3) is 0 Å². The van der Waals surface area contributed by atoms with Crippen molar-refractivity contribution in [3.05, 3.63) is 47.3 Å². The van der Waals surface area contributed by atoms with Gasteiger partial charge in [0.15, 0.2) is 0 Å². The SMILES string of the molecule is COc1ccc(C[NH+]2CCN(c3ncccn3)CC2)c(C)c1C. The molecule has 1 aromatic carbocycles. The van der Waals surface area contributed by atoms with Crippen LogP contribution >= 0.6 is 0 Å². The van der Waals surface area contributed by atoms with Gasteiger partial charge >= 0.3 is 0 Å². The van der Waals surface area contributed by atoms with Crippen LogP contribution in [0.4, 0.5) is 5.95 Å². The maximum atomic E-state index is 5.41. The number of anilines is 1. The van der Waals surface area contributed by atoms with Gasteiger partial charge in [-0.3, -0.25) is 0 Å². The van der Waals surface area contributed by atoms with Gasteiger partial charge in [0, 0.05) is 18.0 Å². The minimum Gasteiger partial charge on any atom is -0.496 e. The Hall–Kier alpha value is -2.14. The second-order valence-corrected chi connectivity index (χ2v) is 6.14. The molecule has 0 aliphatic carbocycles. The van der Waals surface area contributed by atoms with Gasteiger partial charge in [0.05, 0.1) is 33.3 Å². The molecule has 3 rings (SSSR count). The summed E-state index contributed by atoms with van der Waals surface area (Å²) in [5.74, 6) is 1.83. The van der Waals surface area contributed by atoms with Crippen LogP contribution in [-0.2, 0) is 6.54 Å². The fraction of sp³-hybridized carbons (Fsp3) is 0.444. The second kappa shape index (κ2) is 6.96. The topological polar surface area (TPSA) is 42.7 Å². The van der Waals surface area contributed by atoms with E-state index in [1.807, 2.05) is 18.5 Å². The first-order valence-electron chi connectivity index (χ1n) is 8.17. The van der Waals surface area contributed by atoms with Gasteiger partial charge in [-0.25, -0.2) is 9.97 Å². The monoisotopic (exact) mass is 313 g/mol. The van der Waals surface area contributed by atoms with Crippen molar-refractivity contribution in [2.45, 2.75) is 20.4 Å². The van der Waals surface area contributed by atoms with Crippen LogP contribution in [0.3, 0.4) is 0 Å². The summed E-state index contributed by atoms with van der Waals surface area (Å²) in [7, 11) is 1.73. The van der Waals surface area contributed by atoms with Crippen molar-refractivity contribution in [2.75, 3.05) is 38.2 Å². The molecule has 0 atom stereocenters. The van der Waals surface area contributed by atoms with Gasteiger partial charge in [-0.05, 0) is 43.2 Å². The first-order valence-corrected chi connectivity index (χ1v) is 8.17.